The topological polar surface area (TPSA) is 63.7 Å². The lowest BCUT2D eigenvalue weighted by Gasteiger charge is -2.32. The molecule has 6 heteroatoms. The summed E-state index contributed by atoms with van der Waals surface area (Å²) in [5.74, 6) is -0.528. The fraction of sp³-hybridized carbons (Fsp3) is 0.533. The van der Waals surface area contributed by atoms with Gasteiger partial charge in [-0.2, -0.15) is 4.31 Å². The first-order chi connectivity index (χ1) is 10.1. The fourth-order valence-corrected chi connectivity index (χ4v) is 4.35. The van der Waals surface area contributed by atoms with Crippen LogP contribution >= 0.6 is 0 Å². The van der Waals surface area contributed by atoms with Gasteiger partial charge in [0, 0.05) is 6.04 Å². The summed E-state index contributed by atoms with van der Waals surface area (Å²) >= 11 is 0. The second kappa shape index (κ2) is 7.04. The molecule has 21 heavy (non-hydrogen) atoms. The minimum absolute atomic E-state index is 0.122. The normalized spacial score (nSPS) is 16.9. The van der Waals surface area contributed by atoms with E-state index >= 15 is 0 Å². The molecule has 5 nitrogen and oxygen atoms in total. The summed E-state index contributed by atoms with van der Waals surface area (Å²) in [5, 5.41) is 0. The van der Waals surface area contributed by atoms with Crippen molar-refractivity contribution in [3.8, 4) is 0 Å². The maximum absolute atomic E-state index is 12.8. The van der Waals surface area contributed by atoms with Gasteiger partial charge in [0.1, 0.15) is 6.54 Å². The lowest BCUT2D eigenvalue weighted by molar-refractivity contribution is -0.141. The summed E-state index contributed by atoms with van der Waals surface area (Å²) in [5.41, 5.74) is 0. The van der Waals surface area contributed by atoms with Gasteiger partial charge in [0.2, 0.25) is 10.0 Å². The molecule has 0 N–H and O–H groups in total. The number of carbonyl (C=O) groups excluding carboxylic acids is 1. The number of hydrogen-bond acceptors (Lipinski definition) is 4. The molecule has 1 aromatic carbocycles. The molecule has 1 aliphatic rings. The Kier molecular flexibility index (Phi) is 5.36. The molecule has 0 bridgehead atoms. The highest BCUT2D eigenvalue weighted by atomic mass is 32.2. The Morgan fingerprint density at radius 1 is 1.19 bits per heavy atom. The zero-order valence-corrected chi connectivity index (χ0v) is 13.0. The Morgan fingerprint density at radius 2 is 1.81 bits per heavy atom. The third-order valence-electron chi connectivity index (χ3n) is 3.84. The van der Waals surface area contributed by atoms with Crippen molar-refractivity contribution in [2.24, 2.45) is 0 Å². The Hall–Kier alpha value is -1.40. The van der Waals surface area contributed by atoms with Crippen molar-refractivity contribution in [2.45, 2.75) is 43.0 Å². The maximum Gasteiger partial charge on any atom is 0.321 e. The molecule has 0 amide bonds. The molecule has 0 heterocycles. The Balaban J connectivity index is 2.31. The zero-order chi connectivity index (χ0) is 15.3. The SMILES string of the molecule is COC(=O)CN(C1CCCCC1)S(=O)(=O)c1ccccc1. The van der Waals surface area contributed by atoms with Crippen molar-refractivity contribution >= 4 is 16.0 Å². The van der Waals surface area contributed by atoms with E-state index < -0.39 is 16.0 Å². The second-order valence-electron chi connectivity index (χ2n) is 5.23. The number of methoxy groups -OCH3 is 1. The van der Waals surface area contributed by atoms with Gasteiger partial charge in [-0.15, -0.1) is 0 Å². The van der Waals surface area contributed by atoms with Crippen molar-refractivity contribution in [3.63, 3.8) is 0 Å². The fourth-order valence-electron chi connectivity index (χ4n) is 2.70. The van der Waals surface area contributed by atoms with E-state index in [2.05, 4.69) is 4.74 Å². The van der Waals surface area contributed by atoms with E-state index in [4.69, 9.17) is 0 Å². The largest absolute Gasteiger partial charge is 0.468 e. The van der Waals surface area contributed by atoms with Crippen molar-refractivity contribution in [1.82, 2.24) is 4.31 Å². The third-order valence-corrected chi connectivity index (χ3v) is 5.76. The van der Waals surface area contributed by atoms with Crippen LogP contribution in [-0.2, 0) is 19.6 Å². The Bertz CT molecular complexity index is 565. The smallest absolute Gasteiger partial charge is 0.321 e. The van der Waals surface area contributed by atoms with Crippen molar-refractivity contribution in [3.05, 3.63) is 30.3 Å². The number of ether oxygens (including phenoxy) is 1. The van der Waals surface area contributed by atoms with Gasteiger partial charge in [0.05, 0.1) is 12.0 Å². The molecule has 2 rings (SSSR count). The summed E-state index contributed by atoms with van der Waals surface area (Å²) in [4.78, 5) is 11.8. The van der Waals surface area contributed by atoms with Gasteiger partial charge in [0.25, 0.3) is 0 Å². The first-order valence-corrected chi connectivity index (χ1v) is 8.63. The predicted molar refractivity (Wildman–Crippen MR) is 79.2 cm³/mol. The third kappa shape index (κ3) is 3.83. The molecular weight excluding hydrogens is 290 g/mol. The average Bonchev–Trinajstić information content (AvgIpc) is 2.53. The minimum Gasteiger partial charge on any atom is -0.468 e. The number of rotatable bonds is 5. The van der Waals surface area contributed by atoms with Crippen LogP contribution in [0.15, 0.2) is 35.2 Å². The quantitative estimate of drug-likeness (QED) is 0.782. The van der Waals surface area contributed by atoms with Gasteiger partial charge in [-0.05, 0) is 25.0 Å². The first-order valence-electron chi connectivity index (χ1n) is 7.19. The number of sulfonamides is 1. The number of benzene rings is 1. The van der Waals surface area contributed by atoms with E-state index in [-0.39, 0.29) is 17.5 Å². The molecule has 116 valence electrons. The summed E-state index contributed by atoms with van der Waals surface area (Å²) in [6.07, 6.45) is 4.69. The van der Waals surface area contributed by atoms with Gasteiger partial charge in [-0.1, -0.05) is 37.5 Å². The van der Waals surface area contributed by atoms with Crippen molar-refractivity contribution in [2.75, 3.05) is 13.7 Å². The van der Waals surface area contributed by atoms with Crippen molar-refractivity contribution in [1.29, 1.82) is 0 Å². The van der Waals surface area contributed by atoms with Crippen LogP contribution in [0.5, 0.6) is 0 Å². The number of hydrogen-bond donors (Lipinski definition) is 0. The second-order valence-corrected chi connectivity index (χ2v) is 7.12. The molecule has 0 unspecified atom stereocenters. The molecule has 1 fully saturated rings. The highest BCUT2D eigenvalue weighted by molar-refractivity contribution is 7.89. The van der Waals surface area contributed by atoms with Gasteiger partial charge in [-0.3, -0.25) is 4.79 Å². The van der Waals surface area contributed by atoms with Crippen LogP contribution in [0.2, 0.25) is 0 Å². The molecule has 1 saturated carbocycles. The van der Waals surface area contributed by atoms with Crippen molar-refractivity contribution < 1.29 is 17.9 Å². The van der Waals surface area contributed by atoms with Gasteiger partial charge in [0.15, 0.2) is 0 Å². The van der Waals surface area contributed by atoms with Crippen LogP contribution in [0.3, 0.4) is 0 Å². The number of esters is 1. The molecule has 0 aromatic heterocycles. The van der Waals surface area contributed by atoms with Crippen LogP contribution < -0.4 is 0 Å². The van der Waals surface area contributed by atoms with E-state index in [0.29, 0.717) is 0 Å². The lowest BCUT2D eigenvalue weighted by atomic mass is 9.95. The van der Waals surface area contributed by atoms with E-state index in [1.54, 1.807) is 30.3 Å². The van der Waals surface area contributed by atoms with E-state index in [0.717, 1.165) is 32.1 Å². The molecular formula is C15H21NO4S. The Morgan fingerprint density at radius 3 is 2.38 bits per heavy atom. The first kappa shape index (κ1) is 16.0. The van der Waals surface area contributed by atoms with Crippen LogP contribution in [0.25, 0.3) is 0 Å². The highest BCUT2D eigenvalue weighted by Crippen LogP contribution is 2.27. The standard InChI is InChI=1S/C15H21NO4S/c1-20-15(17)12-16(13-8-4-2-5-9-13)21(18,19)14-10-6-3-7-11-14/h3,6-7,10-11,13H,2,4-5,8-9,12H2,1H3. The molecule has 0 spiro atoms. The number of nitrogens with zero attached hydrogens (tertiary/aromatic N) is 1. The van der Waals surface area contributed by atoms with E-state index in [1.165, 1.54) is 11.4 Å². The lowest BCUT2D eigenvalue weighted by Crippen LogP contribution is -2.44. The number of carbonyl (C=O) groups is 1. The maximum atomic E-state index is 12.8. The molecule has 1 aromatic rings. The minimum atomic E-state index is -3.67. The van der Waals surface area contributed by atoms with Gasteiger partial charge in [-0.25, -0.2) is 8.42 Å². The average molecular weight is 311 g/mol. The molecule has 0 aliphatic heterocycles. The molecule has 0 saturated heterocycles. The molecule has 1 aliphatic carbocycles. The monoisotopic (exact) mass is 311 g/mol. The van der Waals surface area contributed by atoms with Gasteiger partial charge >= 0.3 is 5.97 Å². The summed E-state index contributed by atoms with van der Waals surface area (Å²) in [6.45, 7) is -0.224. The molecule has 0 radical (unpaired) electrons. The van der Waals surface area contributed by atoms with Crippen LogP contribution in [0.4, 0.5) is 0 Å². The van der Waals surface area contributed by atoms with E-state index in [9.17, 15) is 13.2 Å². The van der Waals surface area contributed by atoms with E-state index in [1.807, 2.05) is 0 Å². The summed E-state index contributed by atoms with van der Waals surface area (Å²) < 4.78 is 31.6. The van der Waals surface area contributed by atoms with Crippen LogP contribution in [-0.4, -0.2) is 38.4 Å². The van der Waals surface area contributed by atoms with Crippen LogP contribution in [0, 0.1) is 0 Å². The van der Waals surface area contributed by atoms with Gasteiger partial charge < -0.3 is 4.74 Å². The summed E-state index contributed by atoms with van der Waals surface area (Å²) in [6, 6.07) is 8.13. The summed E-state index contributed by atoms with van der Waals surface area (Å²) in [7, 11) is -2.40. The molecule has 0 atom stereocenters. The Labute approximate surface area is 126 Å². The predicted octanol–water partition coefficient (Wildman–Crippen LogP) is 2.18. The highest BCUT2D eigenvalue weighted by Gasteiger charge is 2.34. The zero-order valence-electron chi connectivity index (χ0n) is 12.2. The van der Waals surface area contributed by atoms with Crippen LogP contribution in [0.1, 0.15) is 32.1 Å².